The van der Waals surface area contributed by atoms with E-state index in [1.807, 2.05) is 0 Å². The van der Waals surface area contributed by atoms with Crippen LogP contribution in [0.3, 0.4) is 0 Å². The molecule has 1 aliphatic heterocycles. The zero-order chi connectivity index (χ0) is 13.3. The monoisotopic (exact) mass is 330 g/mol. The Bertz CT molecular complexity index is 412. The number of piperidine rings is 1. The molecule has 1 unspecified atom stereocenters. The van der Waals surface area contributed by atoms with Gasteiger partial charge in [-0.2, -0.15) is 8.78 Å². The van der Waals surface area contributed by atoms with Crippen molar-refractivity contribution in [1.29, 1.82) is 0 Å². The SMILES string of the molecule is CC1(C)CN(Cc2nccn2C(F)F)CCC1N.Cl.Cl. The second-order valence-corrected chi connectivity index (χ2v) is 5.62. The summed E-state index contributed by atoms with van der Waals surface area (Å²) in [6.45, 7) is 3.80. The first-order valence-corrected chi connectivity index (χ1v) is 6.18. The minimum atomic E-state index is -2.53. The molecule has 0 saturated carbocycles. The van der Waals surface area contributed by atoms with Crippen LogP contribution in [0, 0.1) is 5.41 Å². The summed E-state index contributed by atoms with van der Waals surface area (Å²) >= 11 is 0. The number of hydrogen-bond acceptors (Lipinski definition) is 3. The van der Waals surface area contributed by atoms with Gasteiger partial charge >= 0.3 is 6.55 Å². The smallest absolute Gasteiger partial charge is 0.319 e. The fraction of sp³-hybridized carbons (Fsp3) is 0.750. The molecule has 2 N–H and O–H groups in total. The van der Waals surface area contributed by atoms with Crippen molar-refractivity contribution in [3.63, 3.8) is 0 Å². The molecule has 1 fully saturated rings. The van der Waals surface area contributed by atoms with E-state index in [-0.39, 0.29) is 36.3 Å². The molecule has 0 bridgehead atoms. The lowest BCUT2D eigenvalue weighted by molar-refractivity contribution is 0.0549. The fourth-order valence-electron chi connectivity index (χ4n) is 2.46. The lowest BCUT2D eigenvalue weighted by atomic mass is 9.80. The zero-order valence-corrected chi connectivity index (χ0v) is 13.3. The second kappa shape index (κ2) is 7.54. The molecule has 1 aromatic rings. The van der Waals surface area contributed by atoms with E-state index in [0.29, 0.717) is 12.4 Å². The highest BCUT2D eigenvalue weighted by Gasteiger charge is 2.33. The van der Waals surface area contributed by atoms with E-state index >= 15 is 0 Å². The maximum atomic E-state index is 12.7. The predicted octanol–water partition coefficient (Wildman–Crippen LogP) is 2.68. The van der Waals surface area contributed by atoms with Gasteiger partial charge in [0, 0.05) is 31.5 Å². The normalized spacial score (nSPS) is 22.2. The van der Waals surface area contributed by atoms with Crippen LogP contribution < -0.4 is 5.73 Å². The summed E-state index contributed by atoms with van der Waals surface area (Å²) < 4.78 is 26.3. The zero-order valence-electron chi connectivity index (χ0n) is 11.6. The molecular formula is C12H22Cl2F2N4. The van der Waals surface area contributed by atoms with Gasteiger partial charge in [-0.3, -0.25) is 9.47 Å². The van der Waals surface area contributed by atoms with Crippen molar-refractivity contribution in [3.05, 3.63) is 18.2 Å². The molecule has 8 heteroatoms. The predicted molar refractivity (Wildman–Crippen MR) is 79.6 cm³/mol. The maximum absolute atomic E-state index is 12.7. The topological polar surface area (TPSA) is 47.1 Å². The molecular weight excluding hydrogens is 309 g/mol. The number of hydrogen-bond donors (Lipinski definition) is 1. The molecule has 0 spiro atoms. The van der Waals surface area contributed by atoms with E-state index in [4.69, 9.17) is 5.73 Å². The van der Waals surface area contributed by atoms with Gasteiger partial charge in [-0.05, 0) is 11.8 Å². The van der Waals surface area contributed by atoms with Crippen molar-refractivity contribution in [2.45, 2.75) is 39.4 Å². The first kappa shape index (κ1) is 19.6. The Morgan fingerprint density at radius 3 is 2.65 bits per heavy atom. The van der Waals surface area contributed by atoms with Gasteiger partial charge in [0.25, 0.3) is 0 Å². The first-order valence-electron chi connectivity index (χ1n) is 6.18. The summed E-state index contributed by atoms with van der Waals surface area (Å²) in [5.41, 5.74) is 6.07. The molecule has 2 heterocycles. The summed E-state index contributed by atoms with van der Waals surface area (Å²) in [6.07, 6.45) is 3.63. The Morgan fingerprint density at radius 1 is 1.45 bits per heavy atom. The van der Waals surface area contributed by atoms with Crippen LogP contribution in [0.25, 0.3) is 0 Å². The van der Waals surface area contributed by atoms with E-state index in [2.05, 4.69) is 23.7 Å². The van der Waals surface area contributed by atoms with Crippen molar-refractivity contribution >= 4 is 24.8 Å². The molecule has 118 valence electrons. The number of alkyl halides is 2. The number of nitrogens with zero attached hydrogens (tertiary/aromatic N) is 3. The number of nitrogens with two attached hydrogens (primary N) is 1. The second-order valence-electron chi connectivity index (χ2n) is 5.62. The van der Waals surface area contributed by atoms with Crippen LogP contribution in [0.15, 0.2) is 12.4 Å². The Balaban J connectivity index is 0.00000180. The molecule has 1 aromatic heterocycles. The van der Waals surface area contributed by atoms with Gasteiger partial charge in [0.15, 0.2) is 0 Å². The van der Waals surface area contributed by atoms with Gasteiger partial charge < -0.3 is 5.73 Å². The highest BCUT2D eigenvalue weighted by molar-refractivity contribution is 5.85. The first-order chi connectivity index (χ1) is 8.40. The molecule has 1 aliphatic rings. The van der Waals surface area contributed by atoms with Gasteiger partial charge in [0.1, 0.15) is 5.82 Å². The average Bonchev–Trinajstić information content (AvgIpc) is 2.71. The molecule has 0 aromatic carbocycles. The summed E-state index contributed by atoms with van der Waals surface area (Å²) in [7, 11) is 0. The molecule has 20 heavy (non-hydrogen) atoms. The fourth-order valence-corrected chi connectivity index (χ4v) is 2.46. The summed E-state index contributed by atoms with van der Waals surface area (Å²) in [5.74, 6) is 0.413. The van der Waals surface area contributed by atoms with Gasteiger partial charge in [-0.25, -0.2) is 4.98 Å². The Labute approximate surface area is 130 Å². The third-order valence-electron chi connectivity index (χ3n) is 3.72. The van der Waals surface area contributed by atoms with E-state index in [1.165, 1.54) is 12.4 Å². The van der Waals surface area contributed by atoms with Crippen molar-refractivity contribution < 1.29 is 8.78 Å². The third kappa shape index (κ3) is 4.28. The molecule has 0 amide bonds. The number of imidazole rings is 1. The average molecular weight is 331 g/mol. The van der Waals surface area contributed by atoms with Gasteiger partial charge in [-0.1, -0.05) is 13.8 Å². The Kier molecular flexibility index (Phi) is 7.38. The highest BCUT2D eigenvalue weighted by atomic mass is 35.5. The molecule has 4 nitrogen and oxygen atoms in total. The van der Waals surface area contributed by atoms with Crippen molar-refractivity contribution in [3.8, 4) is 0 Å². The van der Waals surface area contributed by atoms with Crippen molar-refractivity contribution in [2.24, 2.45) is 11.1 Å². The Morgan fingerprint density at radius 2 is 2.10 bits per heavy atom. The van der Waals surface area contributed by atoms with Crippen molar-refractivity contribution in [2.75, 3.05) is 13.1 Å². The van der Waals surface area contributed by atoms with Crippen molar-refractivity contribution in [1.82, 2.24) is 14.5 Å². The molecule has 2 rings (SSSR count). The van der Waals surface area contributed by atoms with Crippen LogP contribution in [0.4, 0.5) is 8.78 Å². The van der Waals surface area contributed by atoms with Gasteiger partial charge in [0.2, 0.25) is 0 Å². The molecule has 1 saturated heterocycles. The lowest BCUT2D eigenvalue weighted by Gasteiger charge is -2.42. The molecule has 0 aliphatic carbocycles. The number of aromatic nitrogens is 2. The number of halogens is 4. The van der Waals surface area contributed by atoms with Crippen LogP contribution in [-0.2, 0) is 6.54 Å². The van der Waals surface area contributed by atoms with Crippen LogP contribution in [0.1, 0.15) is 32.6 Å². The lowest BCUT2D eigenvalue weighted by Crippen LogP contribution is -2.52. The number of likely N-dealkylation sites (tertiary alicyclic amines) is 1. The largest absolute Gasteiger partial charge is 0.327 e. The Hall–Kier alpha value is -0.430. The standard InChI is InChI=1S/C12H20F2N4.2ClH/c1-12(2)8-17(5-3-9(12)15)7-10-16-4-6-18(10)11(13)14;;/h4,6,9,11H,3,5,7-8,15H2,1-2H3;2*1H. The van der Waals surface area contributed by atoms with Crippen LogP contribution in [0.5, 0.6) is 0 Å². The molecule has 1 atom stereocenters. The maximum Gasteiger partial charge on any atom is 0.319 e. The van der Waals surface area contributed by atoms with E-state index in [0.717, 1.165) is 24.1 Å². The minimum absolute atomic E-state index is 0. The summed E-state index contributed by atoms with van der Waals surface area (Å²) in [6, 6.07) is 0.170. The van der Waals surface area contributed by atoms with Crippen LogP contribution in [0.2, 0.25) is 0 Å². The quantitative estimate of drug-likeness (QED) is 0.926. The third-order valence-corrected chi connectivity index (χ3v) is 3.72. The van der Waals surface area contributed by atoms with E-state index in [9.17, 15) is 8.78 Å². The van der Waals surface area contributed by atoms with Crippen LogP contribution in [-0.4, -0.2) is 33.6 Å². The number of rotatable bonds is 3. The molecule has 0 radical (unpaired) electrons. The van der Waals surface area contributed by atoms with Gasteiger partial charge in [-0.15, -0.1) is 24.8 Å². The highest BCUT2D eigenvalue weighted by Crippen LogP contribution is 2.28. The minimum Gasteiger partial charge on any atom is -0.327 e. The van der Waals surface area contributed by atoms with E-state index < -0.39 is 6.55 Å². The summed E-state index contributed by atoms with van der Waals surface area (Å²) in [4.78, 5) is 6.15. The van der Waals surface area contributed by atoms with Gasteiger partial charge in [0.05, 0.1) is 6.54 Å². The van der Waals surface area contributed by atoms with Crippen LogP contribution >= 0.6 is 24.8 Å². The van der Waals surface area contributed by atoms with E-state index in [1.54, 1.807) is 0 Å². The summed E-state index contributed by atoms with van der Waals surface area (Å²) in [5, 5.41) is 0.